The number of hydrogen-bond acceptors (Lipinski definition) is 4. The van der Waals surface area contributed by atoms with Crippen LogP contribution in [0.1, 0.15) is 18.4 Å². The van der Waals surface area contributed by atoms with Crippen molar-refractivity contribution >= 4 is 35.2 Å². The first-order valence-electron chi connectivity index (χ1n) is 9.54. The van der Waals surface area contributed by atoms with Gasteiger partial charge in [0.1, 0.15) is 6.54 Å². The summed E-state index contributed by atoms with van der Waals surface area (Å²) >= 11 is 6.04. The molecular formula is C22H21ClN2O4. The van der Waals surface area contributed by atoms with Gasteiger partial charge in [-0.3, -0.25) is 14.5 Å². The molecule has 2 heterocycles. The molecule has 7 heteroatoms. The van der Waals surface area contributed by atoms with E-state index in [1.807, 2.05) is 12.1 Å². The first-order chi connectivity index (χ1) is 14.1. The summed E-state index contributed by atoms with van der Waals surface area (Å²) in [5.41, 5.74) is 1.30. The first kappa shape index (κ1) is 19.5. The summed E-state index contributed by atoms with van der Waals surface area (Å²) < 4.78 is 11.3. The molecular weight excluding hydrogens is 392 g/mol. The molecule has 1 unspecified atom stereocenters. The quantitative estimate of drug-likeness (QED) is 0.764. The van der Waals surface area contributed by atoms with Crippen LogP contribution in [0.25, 0.3) is 6.08 Å². The zero-order chi connectivity index (χ0) is 20.2. The van der Waals surface area contributed by atoms with E-state index in [0.29, 0.717) is 23.0 Å². The lowest BCUT2D eigenvalue weighted by Crippen LogP contribution is -2.45. The molecule has 2 aliphatic heterocycles. The van der Waals surface area contributed by atoms with Crippen LogP contribution >= 0.6 is 11.6 Å². The van der Waals surface area contributed by atoms with E-state index in [4.69, 9.17) is 21.1 Å². The normalized spacial score (nSPS) is 19.8. The summed E-state index contributed by atoms with van der Waals surface area (Å²) in [6.45, 7) is 1.08. The second-order valence-corrected chi connectivity index (χ2v) is 7.40. The third-order valence-corrected chi connectivity index (χ3v) is 5.07. The molecule has 0 bridgehead atoms. The standard InChI is InChI=1S/C22H21ClN2O4/c23-16-6-3-5-15(11-16)12-20-22(27)25(18-8-1-2-9-19(18)29-20)14-21(26)24-13-17-7-4-10-28-17/h1-3,5-6,8-9,11-12,17H,4,7,10,13-14H2,(H,24,26). The van der Waals surface area contributed by atoms with Gasteiger partial charge in [-0.15, -0.1) is 0 Å². The van der Waals surface area contributed by atoms with E-state index >= 15 is 0 Å². The van der Waals surface area contributed by atoms with Gasteiger partial charge < -0.3 is 14.8 Å². The Labute approximate surface area is 174 Å². The van der Waals surface area contributed by atoms with Crippen molar-refractivity contribution in [2.45, 2.75) is 18.9 Å². The molecule has 29 heavy (non-hydrogen) atoms. The van der Waals surface area contributed by atoms with Gasteiger partial charge in [0.2, 0.25) is 5.91 Å². The maximum Gasteiger partial charge on any atom is 0.294 e. The molecule has 0 radical (unpaired) electrons. The van der Waals surface area contributed by atoms with Crippen molar-refractivity contribution in [3.05, 3.63) is 64.9 Å². The Morgan fingerprint density at radius 3 is 2.90 bits per heavy atom. The van der Waals surface area contributed by atoms with Crippen molar-refractivity contribution in [2.24, 2.45) is 0 Å². The molecule has 1 saturated heterocycles. The molecule has 6 nitrogen and oxygen atoms in total. The maximum atomic E-state index is 13.1. The zero-order valence-corrected chi connectivity index (χ0v) is 16.5. The number of halogens is 1. The fraction of sp³-hybridized carbons (Fsp3) is 0.273. The highest BCUT2D eigenvalue weighted by Gasteiger charge is 2.31. The molecule has 2 aromatic rings. The van der Waals surface area contributed by atoms with Crippen molar-refractivity contribution in [3.63, 3.8) is 0 Å². The number of carbonyl (C=O) groups excluding carboxylic acids is 2. The topological polar surface area (TPSA) is 67.9 Å². The second kappa shape index (κ2) is 8.68. The Kier molecular flexibility index (Phi) is 5.83. The number of hydrogen-bond donors (Lipinski definition) is 1. The molecule has 2 amide bonds. The molecule has 1 N–H and O–H groups in total. The van der Waals surface area contributed by atoms with Crippen LogP contribution in [0.5, 0.6) is 5.75 Å². The molecule has 2 aromatic carbocycles. The van der Waals surface area contributed by atoms with E-state index in [1.54, 1.807) is 42.5 Å². The Morgan fingerprint density at radius 2 is 2.10 bits per heavy atom. The van der Waals surface area contributed by atoms with Gasteiger partial charge in [-0.05, 0) is 48.7 Å². The smallest absolute Gasteiger partial charge is 0.294 e. The third kappa shape index (κ3) is 4.60. The molecule has 0 spiro atoms. The first-order valence-corrected chi connectivity index (χ1v) is 9.92. The van der Waals surface area contributed by atoms with Gasteiger partial charge in [0.25, 0.3) is 5.91 Å². The predicted molar refractivity (Wildman–Crippen MR) is 111 cm³/mol. The van der Waals surface area contributed by atoms with E-state index in [0.717, 1.165) is 25.0 Å². The van der Waals surface area contributed by atoms with Crippen LogP contribution in [0.15, 0.2) is 54.3 Å². The van der Waals surface area contributed by atoms with Crippen LogP contribution in [0.3, 0.4) is 0 Å². The molecule has 2 aliphatic rings. The fourth-order valence-electron chi connectivity index (χ4n) is 3.40. The number of fused-ring (bicyclic) bond motifs is 1. The van der Waals surface area contributed by atoms with Gasteiger partial charge in [-0.1, -0.05) is 35.9 Å². The van der Waals surface area contributed by atoms with E-state index < -0.39 is 0 Å². The van der Waals surface area contributed by atoms with E-state index in [2.05, 4.69) is 5.32 Å². The molecule has 1 fully saturated rings. The monoisotopic (exact) mass is 412 g/mol. The summed E-state index contributed by atoms with van der Waals surface area (Å²) in [6, 6.07) is 14.3. The lowest BCUT2D eigenvalue weighted by atomic mass is 10.1. The lowest BCUT2D eigenvalue weighted by molar-refractivity contribution is -0.123. The van der Waals surface area contributed by atoms with Crippen molar-refractivity contribution in [2.75, 3.05) is 24.6 Å². The minimum Gasteiger partial charge on any atom is -0.449 e. The minimum absolute atomic E-state index is 0.0462. The van der Waals surface area contributed by atoms with Crippen LogP contribution in [-0.4, -0.2) is 37.6 Å². The molecule has 150 valence electrons. The molecule has 0 aromatic heterocycles. The van der Waals surface area contributed by atoms with Crippen molar-refractivity contribution in [1.29, 1.82) is 0 Å². The molecule has 0 aliphatic carbocycles. The van der Waals surface area contributed by atoms with E-state index in [-0.39, 0.29) is 30.2 Å². The molecule has 1 atom stereocenters. The van der Waals surface area contributed by atoms with E-state index in [1.165, 1.54) is 4.90 Å². The number of carbonyl (C=O) groups is 2. The lowest BCUT2D eigenvalue weighted by Gasteiger charge is -2.30. The van der Waals surface area contributed by atoms with Gasteiger partial charge in [0.15, 0.2) is 11.5 Å². The van der Waals surface area contributed by atoms with Crippen LogP contribution in [0, 0.1) is 0 Å². The van der Waals surface area contributed by atoms with Gasteiger partial charge in [0.05, 0.1) is 11.8 Å². The van der Waals surface area contributed by atoms with Crippen LogP contribution in [0.2, 0.25) is 5.02 Å². The second-order valence-electron chi connectivity index (χ2n) is 6.96. The van der Waals surface area contributed by atoms with Gasteiger partial charge >= 0.3 is 0 Å². The summed E-state index contributed by atoms with van der Waals surface area (Å²) in [6.07, 6.45) is 3.62. The summed E-state index contributed by atoms with van der Waals surface area (Å²) in [4.78, 5) is 27.0. The number of ether oxygens (including phenoxy) is 2. The van der Waals surface area contributed by atoms with Crippen LogP contribution in [0.4, 0.5) is 5.69 Å². The summed E-state index contributed by atoms with van der Waals surface area (Å²) in [5, 5.41) is 3.42. The highest BCUT2D eigenvalue weighted by molar-refractivity contribution is 6.30. The van der Waals surface area contributed by atoms with Crippen molar-refractivity contribution < 1.29 is 19.1 Å². The number of nitrogens with zero attached hydrogens (tertiary/aromatic N) is 1. The van der Waals surface area contributed by atoms with Crippen LogP contribution in [-0.2, 0) is 14.3 Å². The van der Waals surface area contributed by atoms with E-state index in [9.17, 15) is 9.59 Å². The number of amides is 2. The molecule has 0 saturated carbocycles. The maximum absolute atomic E-state index is 13.1. The Morgan fingerprint density at radius 1 is 1.24 bits per heavy atom. The third-order valence-electron chi connectivity index (χ3n) is 4.83. The zero-order valence-electron chi connectivity index (χ0n) is 15.8. The largest absolute Gasteiger partial charge is 0.449 e. The number of nitrogens with one attached hydrogen (secondary N) is 1. The number of para-hydroxylation sites is 2. The van der Waals surface area contributed by atoms with Gasteiger partial charge in [-0.2, -0.15) is 0 Å². The Bertz CT molecular complexity index is 953. The van der Waals surface area contributed by atoms with Gasteiger partial charge in [0, 0.05) is 18.2 Å². The summed E-state index contributed by atoms with van der Waals surface area (Å²) in [5.74, 6) is 0.0359. The predicted octanol–water partition coefficient (Wildman–Crippen LogP) is 3.40. The fourth-order valence-corrected chi connectivity index (χ4v) is 3.60. The average Bonchev–Trinajstić information content (AvgIpc) is 3.23. The highest BCUT2D eigenvalue weighted by atomic mass is 35.5. The highest BCUT2D eigenvalue weighted by Crippen LogP contribution is 2.35. The number of anilines is 1. The Balaban J connectivity index is 1.54. The van der Waals surface area contributed by atoms with Crippen molar-refractivity contribution in [3.8, 4) is 5.75 Å². The molecule has 4 rings (SSSR count). The Hall–Kier alpha value is -2.83. The number of benzene rings is 2. The van der Waals surface area contributed by atoms with Crippen LogP contribution < -0.4 is 15.0 Å². The SMILES string of the molecule is O=C(CN1C(=O)C(=Cc2cccc(Cl)c2)Oc2ccccc21)NCC1CCCO1. The average molecular weight is 413 g/mol. The number of rotatable bonds is 5. The summed E-state index contributed by atoms with van der Waals surface area (Å²) in [7, 11) is 0. The van der Waals surface area contributed by atoms with Crippen molar-refractivity contribution in [1.82, 2.24) is 5.32 Å². The minimum atomic E-state index is -0.379. The van der Waals surface area contributed by atoms with Gasteiger partial charge in [-0.25, -0.2) is 0 Å².